The van der Waals surface area contributed by atoms with Gasteiger partial charge in [-0.15, -0.1) is 11.3 Å². The summed E-state index contributed by atoms with van der Waals surface area (Å²) < 4.78 is 5.16. The fourth-order valence-electron chi connectivity index (χ4n) is 3.83. The van der Waals surface area contributed by atoms with E-state index in [1.807, 2.05) is 54.6 Å². The minimum absolute atomic E-state index is 0.0767. The number of fused-ring (bicyclic) bond motifs is 4. The summed E-state index contributed by atoms with van der Waals surface area (Å²) in [5.74, 6) is -0.550. The predicted molar refractivity (Wildman–Crippen MR) is 114 cm³/mol. The van der Waals surface area contributed by atoms with Gasteiger partial charge in [0.05, 0.1) is 23.6 Å². The molecule has 0 bridgehead atoms. The number of ether oxygens (including phenoxy) is 1. The third-order valence-corrected chi connectivity index (χ3v) is 6.13. The van der Waals surface area contributed by atoms with Crippen LogP contribution in [0.25, 0.3) is 32.6 Å². The van der Waals surface area contributed by atoms with Crippen molar-refractivity contribution in [2.45, 2.75) is 6.92 Å². The number of benzene rings is 2. The van der Waals surface area contributed by atoms with Gasteiger partial charge in [0.1, 0.15) is 9.71 Å². The molecule has 0 saturated carbocycles. The van der Waals surface area contributed by atoms with Crippen LogP contribution >= 0.6 is 11.3 Å². The molecule has 0 amide bonds. The number of esters is 1. The maximum absolute atomic E-state index is 13.3. The summed E-state index contributed by atoms with van der Waals surface area (Å²) in [6.45, 7) is 2.01. The van der Waals surface area contributed by atoms with E-state index in [4.69, 9.17) is 15.5 Å². The predicted octanol–water partition coefficient (Wildman–Crippen LogP) is 4.93. The van der Waals surface area contributed by atoms with Gasteiger partial charge in [-0.25, -0.2) is 9.78 Å². The summed E-state index contributed by atoms with van der Waals surface area (Å²) in [6.07, 6.45) is 0. The van der Waals surface area contributed by atoms with E-state index in [1.165, 1.54) is 11.3 Å². The van der Waals surface area contributed by atoms with Crippen LogP contribution in [0.15, 0.2) is 54.6 Å². The summed E-state index contributed by atoms with van der Waals surface area (Å²) >= 11 is 1.20. The van der Waals surface area contributed by atoms with E-state index >= 15 is 0 Å². The highest BCUT2D eigenvalue weighted by Crippen LogP contribution is 2.48. The zero-order valence-electron chi connectivity index (χ0n) is 15.6. The summed E-state index contributed by atoms with van der Waals surface area (Å²) in [5.41, 5.74) is 10.9. The third kappa shape index (κ3) is 2.49. The molecule has 0 radical (unpaired) electrons. The Hall–Kier alpha value is -3.51. The first-order valence-electron chi connectivity index (χ1n) is 9.24. The first-order valence-corrected chi connectivity index (χ1v) is 10.1. The highest BCUT2D eigenvalue weighted by molar-refractivity contribution is 7.21. The Morgan fingerprint density at radius 1 is 1.03 bits per heavy atom. The molecule has 5 nitrogen and oxygen atoms in total. The first-order chi connectivity index (χ1) is 14.1. The van der Waals surface area contributed by atoms with Gasteiger partial charge in [0.15, 0.2) is 5.78 Å². The third-order valence-electron chi connectivity index (χ3n) is 5.05. The standard InChI is InChI=1S/C23H16N2O3S/c1-2-28-23(27)21-18(24)16-15(12-8-4-3-5-9-12)17-19(25-22(16)29-21)13-10-6-7-11-14(13)20(17)26/h3-11H,2,24H2,1H3. The lowest BCUT2D eigenvalue weighted by atomic mass is 9.94. The highest BCUT2D eigenvalue weighted by Gasteiger charge is 2.34. The van der Waals surface area contributed by atoms with Gasteiger partial charge in [0.2, 0.25) is 0 Å². The number of nitrogen functional groups attached to an aromatic ring is 1. The number of aromatic nitrogens is 1. The van der Waals surface area contributed by atoms with Gasteiger partial charge in [-0.2, -0.15) is 0 Å². The van der Waals surface area contributed by atoms with Crippen LogP contribution in [0, 0.1) is 0 Å². The van der Waals surface area contributed by atoms with Crippen LogP contribution in [0.4, 0.5) is 5.69 Å². The number of hydrogen-bond donors (Lipinski definition) is 1. The van der Waals surface area contributed by atoms with E-state index in [0.717, 1.165) is 16.7 Å². The molecule has 6 heteroatoms. The molecule has 0 saturated heterocycles. The lowest BCUT2D eigenvalue weighted by Gasteiger charge is -2.10. The smallest absolute Gasteiger partial charge is 0.350 e. The first kappa shape index (κ1) is 17.6. The number of nitrogens with two attached hydrogens (primary N) is 1. The average Bonchev–Trinajstić information content (AvgIpc) is 3.23. The molecule has 0 atom stereocenters. The number of carbonyl (C=O) groups is 2. The number of carbonyl (C=O) groups excluding carboxylic acids is 2. The van der Waals surface area contributed by atoms with Crippen molar-refractivity contribution in [1.29, 1.82) is 0 Å². The number of nitrogens with zero attached hydrogens (tertiary/aromatic N) is 1. The molecule has 0 spiro atoms. The van der Waals surface area contributed by atoms with E-state index < -0.39 is 5.97 Å². The van der Waals surface area contributed by atoms with Gasteiger partial charge in [-0.05, 0) is 12.5 Å². The number of thiophene rings is 1. The zero-order valence-corrected chi connectivity index (χ0v) is 16.4. The quantitative estimate of drug-likeness (QED) is 0.434. The van der Waals surface area contributed by atoms with Gasteiger partial charge in [0, 0.05) is 22.1 Å². The molecule has 0 aliphatic heterocycles. The van der Waals surface area contributed by atoms with Crippen LogP contribution in [-0.4, -0.2) is 23.3 Å². The SMILES string of the molecule is CCOC(=O)c1sc2nc3c(c(-c4ccccc4)c2c1N)C(=O)c1ccccc1-3. The second kappa shape index (κ2) is 6.53. The van der Waals surface area contributed by atoms with Crippen LogP contribution in [0.5, 0.6) is 0 Å². The molecular formula is C23H16N2O3S. The minimum Gasteiger partial charge on any atom is -0.462 e. The Morgan fingerprint density at radius 3 is 2.45 bits per heavy atom. The van der Waals surface area contributed by atoms with E-state index in [0.29, 0.717) is 37.6 Å². The molecule has 29 heavy (non-hydrogen) atoms. The molecule has 1 aliphatic carbocycles. The van der Waals surface area contributed by atoms with Crippen LogP contribution in [0.3, 0.4) is 0 Å². The van der Waals surface area contributed by atoms with Crippen LogP contribution < -0.4 is 5.73 Å². The summed E-state index contributed by atoms with van der Waals surface area (Å²) in [4.78, 5) is 31.4. The Kier molecular flexibility index (Phi) is 3.96. The summed E-state index contributed by atoms with van der Waals surface area (Å²) in [7, 11) is 0. The topological polar surface area (TPSA) is 82.3 Å². The maximum Gasteiger partial charge on any atom is 0.350 e. The fraction of sp³-hybridized carbons (Fsp3) is 0.0870. The second-order valence-electron chi connectivity index (χ2n) is 6.70. The van der Waals surface area contributed by atoms with Crippen molar-refractivity contribution in [1.82, 2.24) is 4.98 Å². The van der Waals surface area contributed by atoms with Crippen molar-refractivity contribution in [3.63, 3.8) is 0 Å². The molecule has 2 N–H and O–H groups in total. The highest BCUT2D eigenvalue weighted by atomic mass is 32.1. The van der Waals surface area contributed by atoms with Gasteiger partial charge in [-0.3, -0.25) is 4.79 Å². The van der Waals surface area contributed by atoms with Crippen molar-refractivity contribution < 1.29 is 14.3 Å². The van der Waals surface area contributed by atoms with E-state index in [2.05, 4.69) is 0 Å². The van der Waals surface area contributed by atoms with Gasteiger partial charge in [0.25, 0.3) is 0 Å². The monoisotopic (exact) mass is 400 g/mol. The molecule has 142 valence electrons. The van der Waals surface area contributed by atoms with Crippen molar-refractivity contribution in [3.05, 3.63) is 70.6 Å². The number of anilines is 1. The number of ketones is 1. The van der Waals surface area contributed by atoms with E-state index in [-0.39, 0.29) is 12.4 Å². The summed E-state index contributed by atoms with van der Waals surface area (Å²) in [6, 6.07) is 17.1. The normalized spacial score (nSPS) is 12.1. The van der Waals surface area contributed by atoms with Crippen molar-refractivity contribution >= 4 is 39.0 Å². The van der Waals surface area contributed by atoms with Gasteiger partial charge >= 0.3 is 5.97 Å². The van der Waals surface area contributed by atoms with E-state index in [9.17, 15) is 9.59 Å². The molecule has 4 aromatic rings. The largest absolute Gasteiger partial charge is 0.462 e. The Balaban J connectivity index is 1.91. The average molecular weight is 400 g/mol. The Morgan fingerprint density at radius 2 is 1.72 bits per heavy atom. The Labute approximate surface area is 170 Å². The van der Waals surface area contributed by atoms with Crippen molar-refractivity contribution in [3.8, 4) is 22.4 Å². The minimum atomic E-state index is -0.473. The lowest BCUT2D eigenvalue weighted by molar-refractivity contribution is 0.0533. The molecule has 2 heterocycles. The zero-order chi connectivity index (χ0) is 20.1. The molecule has 0 unspecified atom stereocenters. The molecule has 2 aromatic heterocycles. The van der Waals surface area contributed by atoms with Gasteiger partial charge < -0.3 is 10.5 Å². The molecular weight excluding hydrogens is 384 g/mol. The molecule has 2 aromatic carbocycles. The number of rotatable bonds is 3. The molecule has 5 rings (SSSR count). The molecule has 1 aliphatic rings. The van der Waals surface area contributed by atoms with Crippen molar-refractivity contribution in [2.75, 3.05) is 12.3 Å². The van der Waals surface area contributed by atoms with E-state index in [1.54, 1.807) is 6.92 Å². The maximum atomic E-state index is 13.3. The van der Waals surface area contributed by atoms with Crippen LogP contribution in [0.2, 0.25) is 0 Å². The van der Waals surface area contributed by atoms with Crippen LogP contribution in [0.1, 0.15) is 32.5 Å². The molecule has 0 fully saturated rings. The van der Waals surface area contributed by atoms with Crippen molar-refractivity contribution in [2.24, 2.45) is 0 Å². The number of hydrogen-bond acceptors (Lipinski definition) is 6. The summed E-state index contributed by atoms with van der Waals surface area (Å²) in [5, 5.41) is 0.629. The van der Waals surface area contributed by atoms with Crippen LogP contribution in [-0.2, 0) is 4.74 Å². The fourth-order valence-corrected chi connectivity index (χ4v) is 4.83. The number of pyridine rings is 1. The van der Waals surface area contributed by atoms with Gasteiger partial charge in [-0.1, -0.05) is 54.6 Å². The second-order valence-corrected chi connectivity index (χ2v) is 7.70. The Bertz CT molecular complexity index is 1310. The lowest BCUT2D eigenvalue weighted by Crippen LogP contribution is -2.05.